The summed E-state index contributed by atoms with van der Waals surface area (Å²) < 4.78 is 10.2. The van der Waals surface area contributed by atoms with Gasteiger partial charge in [-0.2, -0.15) is 0 Å². The Morgan fingerprint density at radius 2 is 2.30 bits per heavy atom. The molecule has 0 aliphatic carbocycles. The van der Waals surface area contributed by atoms with Gasteiger partial charge in [-0.25, -0.2) is 0 Å². The minimum atomic E-state index is 0.203. The molecule has 108 valence electrons. The highest BCUT2D eigenvalue weighted by atomic mass is 79.9. The van der Waals surface area contributed by atoms with Crippen LogP contribution < -0.4 is 10.1 Å². The smallest absolute Gasteiger partial charge is 0.133 e. The molecule has 20 heavy (non-hydrogen) atoms. The predicted octanol–water partition coefficient (Wildman–Crippen LogP) is 3.59. The van der Waals surface area contributed by atoms with Crippen LogP contribution in [-0.4, -0.2) is 23.2 Å². The molecule has 1 heterocycles. The van der Waals surface area contributed by atoms with Crippen LogP contribution in [-0.2, 0) is 6.42 Å². The lowest BCUT2D eigenvalue weighted by molar-refractivity contribution is 0.412. The summed E-state index contributed by atoms with van der Waals surface area (Å²) >= 11 is 4.92. The number of ether oxygens (including phenoxy) is 1. The van der Waals surface area contributed by atoms with Crippen LogP contribution in [0.1, 0.15) is 30.6 Å². The van der Waals surface area contributed by atoms with Gasteiger partial charge in [0.2, 0.25) is 0 Å². The molecular formula is C14H18BrN3OS. The van der Waals surface area contributed by atoms with E-state index in [1.165, 1.54) is 17.1 Å². The summed E-state index contributed by atoms with van der Waals surface area (Å²) in [6.07, 6.45) is 1.98. The molecule has 0 saturated heterocycles. The third-order valence-electron chi connectivity index (χ3n) is 3.03. The Hall–Kier alpha value is -0.980. The van der Waals surface area contributed by atoms with Crippen LogP contribution in [0.5, 0.6) is 5.75 Å². The molecule has 0 bridgehead atoms. The first-order chi connectivity index (χ1) is 9.74. The fourth-order valence-electron chi connectivity index (χ4n) is 2.00. The number of hydrogen-bond donors (Lipinski definition) is 1. The van der Waals surface area contributed by atoms with Crippen molar-refractivity contribution in [3.8, 4) is 5.75 Å². The Kier molecular flexibility index (Phi) is 5.94. The van der Waals surface area contributed by atoms with Crippen molar-refractivity contribution in [1.29, 1.82) is 0 Å². The minimum absolute atomic E-state index is 0.203. The first-order valence-electron chi connectivity index (χ1n) is 6.57. The van der Waals surface area contributed by atoms with E-state index >= 15 is 0 Å². The van der Waals surface area contributed by atoms with E-state index < -0.39 is 0 Å². The van der Waals surface area contributed by atoms with Crippen LogP contribution in [0, 0.1) is 0 Å². The average molecular weight is 356 g/mol. The standard InChI is InChI=1S/C14H18BrN3OS/c1-3-6-16-12(13-9-20-18-17-13)8-10-4-5-14(19-2)11(15)7-10/h4-5,7,9,12,16H,3,6,8H2,1-2H3. The maximum atomic E-state index is 5.26. The molecule has 0 amide bonds. The fraction of sp³-hybridized carbons (Fsp3) is 0.429. The van der Waals surface area contributed by atoms with E-state index in [1.54, 1.807) is 7.11 Å². The quantitative estimate of drug-likeness (QED) is 0.824. The summed E-state index contributed by atoms with van der Waals surface area (Å²) in [6, 6.07) is 6.37. The zero-order chi connectivity index (χ0) is 14.4. The first-order valence-corrected chi connectivity index (χ1v) is 8.20. The predicted molar refractivity (Wildman–Crippen MR) is 85.3 cm³/mol. The van der Waals surface area contributed by atoms with E-state index in [2.05, 4.69) is 49.9 Å². The molecular weight excluding hydrogens is 338 g/mol. The third kappa shape index (κ3) is 4.01. The van der Waals surface area contributed by atoms with Gasteiger partial charge >= 0.3 is 0 Å². The number of halogens is 1. The highest BCUT2D eigenvalue weighted by Crippen LogP contribution is 2.27. The van der Waals surface area contributed by atoms with Gasteiger partial charge in [0.05, 0.1) is 23.3 Å². The summed E-state index contributed by atoms with van der Waals surface area (Å²) in [7, 11) is 1.67. The molecule has 0 saturated carbocycles. The Labute approximate surface area is 131 Å². The maximum Gasteiger partial charge on any atom is 0.133 e. The second kappa shape index (κ2) is 7.71. The number of benzene rings is 1. The Morgan fingerprint density at radius 3 is 2.90 bits per heavy atom. The summed E-state index contributed by atoms with van der Waals surface area (Å²) in [5, 5.41) is 9.72. The number of methoxy groups -OCH3 is 1. The monoisotopic (exact) mass is 355 g/mol. The molecule has 1 aromatic heterocycles. The largest absolute Gasteiger partial charge is 0.496 e. The first kappa shape index (κ1) is 15.4. The number of nitrogens with one attached hydrogen (secondary N) is 1. The van der Waals surface area contributed by atoms with Gasteiger partial charge in [-0.3, -0.25) is 0 Å². The lowest BCUT2D eigenvalue weighted by atomic mass is 10.0. The summed E-state index contributed by atoms with van der Waals surface area (Å²) in [4.78, 5) is 0. The number of aromatic nitrogens is 2. The lowest BCUT2D eigenvalue weighted by Gasteiger charge is -2.16. The Bertz CT molecular complexity index is 533. The molecule has 1 unspecified atom stereocenters. The molecule has 0 aliphatic heterocycles. The van der Waals surface area contributed by atoms with Crippen molar-refractivity contribution in [2.24, 2.45) is 0 Å². The lowest BCUT2D eigenvalue weighted by Crippen LogP contribution is -2.24. The van der Waals surface area contributed by atoms with Crippen molar-refractivity contribution >= 4 is 27.5 Å². The van der Waals surface area contributed by atoms with Gasteiger partial charge in [0.15, 0.2) is 0 Å². The second-order valence-corrected chi connectivity index (χ2v) is 5.97. The Morgan fingerprint density at radius 1 is 1.45 bits per heavy atom. The fourth-order valence-corrected chi connectivity index (χ4v) is 3.09. The average Bonchev–Trinajstić information content (AvgIpc) is 2.97. The van der Waals surface area contributed by atoms with Crippen LogP contribution >= 0.6 is 27.5 Å². The van der Waals surface area contributed by atoms with Crippen molar-refractivity contribution in [2.45, 2.75) is 25.8 Å². The van der Waals surface area contributed by atoms with Gasteiger partial charge in [-0.05, 0) is 64.5 Å². The molecule has 0 spiro atoms. The van der Waals surface area contributed by atoms with Crippen molar-refractivity contribution in [3.05, 3.63) is 39.3 Å². The van der Waals surface area contributed by atoms with Gasteiger partial charge in [0.1, 0.15) is 5.75 Å². The summed E-state index contributed by atoms with van der Waals surface area (Å²) in [5.41, 5.74) is 2.25. The van der Waals surface area contributed by atoms with Gasteiger partial charge in [0.25, 0.3) is 0 Å². The molecule has 4 nitrogen and oxygen atoms in total. The molecule has 1 N–H and O–H groups in total. The van der Waals surface area contributed by atoms with E-state index in [1.807, 2.05) is 11.4 Å². The van der Waals surface area contributed by atoms with E-state index in [4.69, 9.17) is 4.74 Å². The number of nitrogens with zero attached hydrogens (tertiary/aromatic N) is 2. The number of hydrogen-bond acceptors (Lipinski definition) is 5. The van der Waals surface area contributed by atoms with Crippen molar-refractivity contribution in [3.63, 3.8) is 0 Å². The maximum absolute atomic E-state index is 5.26. The van der Waals surface area contributed by atoms with Crippen molar-refractivity contribution < 1.29 is 4.74 Å². The van der Waals surface area contributed by atoms with E-state index in [-0.39, 0.29) is 6.04 Å². The number of rotatable bonds is 7. The molecule has 2 aromatic rings. The molecule has 2 rings (SSSR count). The molecule has 0 radical (unpaired) electrons. The van der Waals surface area contributed by atoms with Crippen LogP contribution in [0.4, 0.5) is 0 Å². The van der Waals surface area contributed by atoms with Crippen LogP contribution in [0.3, 0.4) is 0 Å². The zero-order valence-corrected chi connectivity index (χ0v) is 14.0. The normalized spacial score (nSPS) is 12.3. The molecule has 6 heteroatoms. The SMILES string of the molecule is CCCNC(Cc1ccc(OC)c(Br)c1)c1csnn1. The van der Waals surface area contributed by atoms with Crippen LogP contribution in [0.25, 0.3) is 0 Å². The van der Waals surface area contributed by atoms with Crippen LogP contribution in [0.15, 0.2) is 28.1 Å². The van der Waals surface area contributed by atoms with E-state index in [0.717, 1.165) is 35.3 Å². The van der Waals surface area contributed by atoms with Crippen molar-refractivity contribution in [1.82, 2.24) is 14.9 Å². The van der Waals surface area contributed by atoms with E-state index in [0.29, 0.717) is 0 Å². The summed E-state index contributed by atoms with van der Waals surface area (Å²) in [5.74, 6) is 0.849. The van der Waals surface area contributed by atoms with E-state index in [9.17, 15) is 0 Å². The molecule has 0 fully saturated rings. The highest BCUT2D eigenvalue weighted by Gasteiger charge is 2.15. The van der Waals surface area contributed by atoms with Gasteiger partial charge < -0.3 is 10.1 Å². The minimum Gasteiger partial charge on any atom is -0.496 e. The van der Waals surface area contributed by atoms with Crippen molar-refractivity contribution in [2.75, 3.05) is 13.7 Å². The highest BCUT2D eigenvalue weighted by molar-refractivity contribution is 9.10. The van der Waals surface area contributed by atoms with Gasteiger partial charge in [-0.1, -0.05) is 17.5 Å². The summed E-state index contributed by atoms with van der Waals surface area (Å²) in [6.45, 7) is 3.13. The molecule has 1 aromatic carbocycles. The van der Waals surface area contributed by atoms with Gasteiger partial charge in [0, 0.05) is 5.38 Å². The van der Waals surface area contributed by atoms with Gasteiger partial charge in [-0.15, -0.1) is 5.10 Å². The third-order valence-corrected chi connectivity index (χ3v) is 4.17. The molecule has 0 aliphatic rings. The topological polar surface area (TPSA) is 47.0 Å². The molecule has 1 atom stereocenters. The van der Waals surface area contributed by atoms with Crippen LogP contribution in [0.2, 0.25) is 0 Å². The Balaban J connectivity index is 2.13. The zero-order valence-electron chi connectivity index (χ0n) is 11.6. The second-order valence-electron chi connectivity index (χ2n) is 4.51.